The number of nitro groups is 2. The number of amides is 1. The van der Waals surface area contributed by atoms with Crippen LogP contribution in [-0.4, -0.2) is 74.6 Å². The van der Waals surface area contributed by atoms with Crippen LogP contribution in [0.5, 0.6) is 0 Å². The Labute approximate surface area is 164 Å². The van der Waals surface area contributed by atoms with Crippen LogP contribution in [0.4, 0.5) is 11.4 Å². The van der Waals surface area contributed by atoms with Crippen molar-refractivity contribution in [3.63, 3.8) is 0 Å². The van der Waals surface area contributed by atoms with Gasteiger partial charge in [-0.25, -0.2) is 4.79 Å². The first-order chi connectivity index (χ1) is 13.7. The van der Waals surface area contributed by atoms with Crippen LogP contribution >= 0.6 is 0 Å². The lowest BCUT2D eigenvalue weighted by atomic mass is 9.96. The molecule has 0 aromatic heterocycles. The first-order valence-corrected chi connectivity index (χ1v) is 9.05. The number of hydrogen-bond donors (Lipinski definition) is 1. The Bertz CT molecular complexity index is 833. The molecule has 0 bridgehead atoms. The van der Waals surface area contributed by atoms with E-state index in [1.54, 1.807) is 0 Å². The zero-order valence-electron chi connectivity index (χ0n) is 15.6. The number of piperidine rings is 1. The summed E-state index contributed by atoms with van der Waals surface area (Å²) < 4.78 is 5.79. The van der Waals surface area contributed by atoms with Gasteiger partial charge in [-0.3, -0.25) is 29.9 Å². The monoisotopic (exact) mass is 408 g/mol. The van der Waals surface area contributed by atoms with E-state index >= 15 is 0 Å². The highest BCUT2D eigenvalue weighted by atomic mass is 16.6. The van der Waals surface area contributed by atoms with E-state index in [2.05, 4.69) is 4.90 Å². The molecule has 2 aliphatic rings. The minimum absolute atomic E-state index is 0.218. The van der Waals surface area contributed by atoms with Crippen molar-refractivity contribution in [2.24, 2.45) is 0 Å². The van der Waals surface area contributed by atoms with Crippen LogP contribution in [0.15, 0.2) is 18.2 Å². The topological polar surface area (TPSA) is 156 Å². The molecule has 3 rings (SSSR count). The summed E-state index contributed by atoms with van der Waals surface area (Å²) in [6.45, 7) is 3.73. The van der Waals surface area contributed by atoms with Crippen molar-refractivity contribution in [3.05, 3.63) is 44.0 Å². The minimum atomic E-state index is -1.28. The van der Waals surface area contributed by atoms with Crippen LogP contribution in [0.25, 0.3) is 0 Å². The van der Waals surface area contributed by atoms with Crippen molar-refractivity contribution in [1.82, 2.24) is 9.80 Å². The van der Waals surface area contributed by atoms with Crippen molar-refractivity contribution >= 4 is 23.3 Å². The number of hydrogen-bond acceptors (Lipinski definition) is 8. The van der Waals surface area contributed by atoms with Crippen molar-refractivity contribution in [3.8, 4) is 0 Å². The maximum atomic E-state index is 13.3. The standard InChI is InChI=1S/C17H20N4O8/c1-2-18-5-3-17(4-6-18)19(14(10-29-17)16(23)24)15(22)11-7-12(20(25)26)9-13(8-11)21(27)28/h7-9,14H,2-6,10H2,1H3,(H,23,24). The predicted molar refractivity (Wildman–Crippen MR) is 97.4 cm³/mol. The van der Waals surface area contributed by atoms with E-state index < -0.39 is 44.9 Å². The smallest absolute Gasteiger partial charge is 0.328 e. The summed E-state index contributed by atoms with van der Waals surface area (Å²) in [5.74, 6) is -2.11. The van der Waals surface area contributed by atoms with Gasteiger partial charge in [0.25, 0.3) is 17.3 Å². The fourth-order valence-corrected chi connectivity index (χ4v) is 3.84. The van der Waals surface area contributed by atoms with Gasteiger partial charge in [-0.05, 0) is 6.54 Å². The molecule has 0 saturated carbocycles. The van der Waals surface area contributed by atoms with Gasteiger partial charge in [0.2, 0.25) is 0 Å². The van der Waals surface area contributed by atoms with Crippen LogP contribution < -0.4 is 0 Å². The molecule has 1 N–H and O–H groups in total. The van der Waals surface area contributed by atoms with Crippen LogP contribution in [0, 0.1) is 20.2 Å². The second kappa shape index (κ2) is 7.72. The summed E-state index contributed by atoms with van der Waals surface area (Å²) in [6.07, 6.45) is 0.737. The number of aliphatic carboxylic acids is 1. The number of carboxylic acid groups (broad SMARTS) is 1. The number of non-ortho nitro benzene ring substituents is 2. The lowest BCUT2D eigenvalue weighted by Crippen LogP contribution is -2.58. The van der Waals surface area contributed by atoms with E-state index in [1.807, 2.05) is 6.92 Å². The molecule has 156 valence electrons. The maximum Gasteiger partial charge on any atom is 0.328 e. The number of nitrogens with zero attached hydrogens (tertiary/aromatic N) is 4. The third-order valence-corrected chi connectivity index (χ3v) is 5.42. The average molecular weight is 408 g/mol. The van der Waals surface area contributed by atoms with Gasteiger partial charge in [-0.1, -0.05) is 6.92 Å². The van der Waals surface area contributed by atoms with E-state index in [1.165, 1.54) is 0 Å². The Kier molecular flexibility index (Phi) is 5.48. The van der Waals surface area contributed by atoms with Gasteiger partial charge in [0.05, 0.1) is 28.1 Å². The van der Waals surface area contributed by atoms with Gasteiger partial charge >= 0.3 is 5.97 Å². The largest absolute Gasteiger partial charge is 0.480 e. The zero-order chi connectivity index (χ0) is 21.3. The average Bonchev–Trinajstić information content (AvgIpc) is 3.06. The number of nitro benzene ring substituents is 2. The van der Waals surface area contributed by atoms with Crippen LogP contribution in [0.1, 0.15) is 30.1 Å². The zero-order valence-corrected chi connectivity index (χ0v) is 15.6. The van der Waals surface area contributed by atoms with Gasteiger partial charge in [0, 0.05) is 38.1 Å². The summed E-state index contributed by atoms with van der Waals surface area (Å²) in [4.78, 5) is 48.8. The molecule has 0 radical (unpaired) electrons. The fourth-order valence-electron chi connectivity index (χ4n) is 3.84. The molecule has 1 atom stereocenters. The highest BCUT2D eigenvalue weighted by molar-refractivity contribution is 5.98. The molecule has 2 fully saturated rings. The number of benzene rings is 1. The van der Waals surface area contributed by atoms with E-state index in [4.69, 9.17) is 4.74 Å². The molecular weight excluding hydrogens is 388 g/mol. The summed E-state index contributed by atoms with van der Waals surface area (Å²) in [7, 11) is 0. The number of carboxylic acids is 1. The second-order valence-corrected chi connectivity index (χ2v) is 6.97. The fraction of sp³-hybridized carbons (Fsp3) is 0.529. The molecule has 2 saturated heterocycles. The molecule has 1 amide bonds. The summed E-state index contributed by atoms with van der Waals surface area (Å²) >= 11 is 0. The van der Waals surface area contributed by atoms with Gasteiger partial charge in [0.1, 0.15) is 5.72 Å². The summed E-state index contributed by atoms with van der Waals surface area (Å²) in [5, 5.41) is 31.9. The van der Waals surface area contributed by atoms with Gasteiger partial charge in [-0.15, -0.1) is 0 Å². The molecule has 1 aromatic carbocycles. The molecule has 2 heterocycles. The van der Waals surface area contributed by atoms with Gasteiger partial charge in [-0.2, -0.15) is 0 Å². The molecule has 1 aromatic rings. The third kappa shape index (κ3) is 3.76. The summed E-state index contributed by atoms with van der Waals surface area (Å²) in [5.41, 5.74) is -2.72. The maximum absolute atomic E-state index is 13.3. The summed E-state index contributed by atoms with van der Waals surface area (Å²) in [6, 6.07) is 1.30. The SMILES string of the molecule is CCN1CCC2(CC1)OCC(C(=O)O)N2C(=O)c1cc([N+](=O)[O-])cc([N+](=O)[O-])c1. The first kappa shape index (κ1) is 20.6. The lowest BCUT2D eigenvalue weighted by Gasteiger charge is -2.44. The number of ether oxygens (including phenoxy) is 1. The Morgan fingerprint density at radius 1 is 1.17 bits per heavy atom. The van der Waals surface area contributed by atoms with E-state index in [-0.39, 0.29) is 12.2 Å². The molecule has 12 heteroatoms. The molecule has 2 aliphatic heterocycles. The second-order valence-electron chi connectivity index (χ2n) is 6.97. The van der Waals surface area contributed by atoms with Crippen molar-refractivity contribution < 1.29 is 29.3 Å². The van der Waals surface area contributed by atoms with Crippen molar-refractivity contribution in [2.45, 2.75) is 31.5 Å². The quantitative estimate of drug-likeness (QED) is 0.559. The Morgan fingerprint density at radius 3 is 2.17 bits per heavy atom. The van der Waals surface area contributed by atoms with Crippen LogP contribution in [-0.2, 0) is 9.53 Å². The molecule has 12 nitrogen and oxygen atoms in total. The first-order valence-electron chi connectivity index (χ1n) is 9.05. The van der Waals surface area contributed by atoms with Crippen LogP contribution in [0.3, 0.4) is 0 Å². The normalized spacial score (nSPS) is 21.3. The minimum Gasteiger partial charge on any atom is -0.480 e. The Morgan fingerprint density at radius 2 is 1.72 bits per heavy atom. The van der Waals surface area contributed by atoms with Crippen molar-refractivity contribution in [2.75, 3.05) is 26.2 Å². The number of carbonyl (C=O) groups is 2. The molecular formula is C17H20N4O8. The molecule has 0 aliphatic carbocycles. The third-order valence-electron chi connectivity index (χ3n) is 5.42. The number of rotatable bonds is 5. The molecule has 1 unspecified atom stereocenters. The highest BCUT2D eigenvalue weighted by Crippen LogP contribution is 2.39. The lowest BCUT2D eigenvalue weighted by molar-refractivity contribution is -0.394. The van der Waals surface area contributed by atoms with Gasteiger partial charge < -0.3 is 14.7 Å². The Balaban J connectivity index is 2.03. The van der Waals surface area contributed by atoms with Crippen molar-refractivity contribution in [1.29, 1.82) is 0 Å². The Hall–Kier alpha value is -3.12. The molecule has 1 spiro atoms. The van der Waals surface area contributed by atoms with E-state index in [0.29, 0.717) is 25.9 Å². The van der Waals surface area contributed by atoms with E-state index in [0.717, 1.165) is 29.6 Å². The highest BCUT2D eigenvalue weighted by Gasteiger charge is 2.54. The molecule has 29 heavy (non-hydrogen) atoms. The number of likely N-dealkylation sites (tertiary alicyclic amines) is 1. The van der Waals surface area contributed by atoms with Gasteiger partial charge in [0.15, 0.2) is 6.04 Å². The predicted octanol–water partition coefficient (Wildman–Crippen LogP) is 1.24. The number of carbonyl (C=O) groups excluding carboxylic acids is 1. The van der Waals surface area contributed by atoms with E-state index in [9.17, 15) is 34.9 Å². The van der Waals surface area contributed by atoms with Crippen LogP contribution in [0.2, 0.25) is 0 Å².